The van der Waals surface area contributed by atoms with Crippen molar-refractivity contribution in [2.75, 3.05) is 33.7 Å². The Hall–Kier alpha value is -0.970. The number of hydrogen-bond donors (Lipinski definition) is 1. The van der Waals surface area contributed by atoms with E-state index in [0.29, 0.717) is 5.92 Å². The Morgan fingerprint density at radius 3 is 2.38 bits per heavy atom. The number of nitrogens with two attached hydrogens (primary N) is 1. The van der Waals surface area contributed by atoms with E-state index in [9.17, 15) is 0 Å². The molecule has 0 radical (unpaired) electrons. The number of rotatable bonds is 9. The van der Waals surface area contributed by atoms with E-state index in [1.807, 2.05) is 12.3 Å². The zero-order chi connectivity index (χ0) is 15.8. The Morgan fingerprint density at radius 1 is 1.19 bits per heavy atom. The number of pyridine rings is 1. The van der Waals surface area contributed by atoms with Gasteiger partial charge in [-0.2, -0.15) is 0 Å². The van der Waals surface area contributed by atoms with Crippen LogP contribution in [0.5, 0.6) is 0 Å². The molecule has 21 heavy (non-hydrogen) atoms. The van der Waals surface area contributed by atoms with E-state index < -0.39 is 0 Å². The quantitative estimate of drug-likeness (QED) is 0.759. The fourth-order valence-electron chi connectivity index (χ4n) is 2.59. The molecule has 0 aromatic carbocycles. The van der Waals surface area contributed by atoms with Gasteiger partial charge in [0, 0.05) is 31.9 Å². The maximum atomic E-state index is 6.44. The van der Waals surface area contributed by atoms with Gasteiger partial charge in [0.05, 0.1) is 11.7 Å². The number of aromatic nitrogens is 1. The largest absolute Gasteiger partial charge is 0.326 e. The summed E-state index contributed by atoms with van der Waals surface area (Å²) in [5, 5.41) is 0. The average molecular weight is 292 g/mol. The fraction of sp³-hybridized carbons (Fsp3) is 0.706. The van der Waals surface area contributed by atoms with E-state index in [2.05, 4.69) is 61.8 Å². The molecule has 0 amide bonds. The highest BCUT2D eigenvalue weighted by Gasteiger charge is 2.27. The molecule has 120 valence electrons. The summed E-state index contributed by atoms with van der Waals surface area (Å²) < 4.78 is 0. The van der Waals surface area contributed by atoms with Crippen molar-refractivity contribution < 1.29 is 0 Å². The van der Waals surface area contributed by atoms with Crippen LogP contribution >= 0.6 is 0 Å². The highest BCUT2D eigenvalue weighted by Crippen LogP contribution is 2.24. The molecule has 0 saturated carbocycles. The Morgan fingerprint density at radius 2 is 1.90 bits per heavy atom. The third-order valence-corrected chi connectivity index (χ3v) is 3.70. The van der Waals surface area contributed by atoms with Crippen LogP contribution < -0.4 is 5.73 Å². The van der Waals surface area contributed by atoms with Gasteiger partial charge >= 0.3 is 0 Å². The van der Waals surface area contributed by atoms with Crippen LogP contribution in [0.1, 0.15) is 38.9 Å². The number of nitrogens with zero attached hydrogens (tertiary/aromatic N) is 3. The molecule has 1 rings (SSSR count). The molecule has 4 nitrogen and oxygen atoms in total. The lowest BCUT2D eigenvalue weighted by atomic mass is 9.99. The first kappa shape index (κ1) is 18.1. The van der Waals surface area contributed by atoms with Gasteiger partial charge < -0.3 is 10.6 Å². The minimum absolute atomic E-state index is 0.112. The lowest BCUT2D eigenvalue weighted by Gasteiger charge is -2.36. The summed E-state index contributed by atoms with van der Waals surface area (Å²) in [5.74, 6) is 0.613. The van der Waals surface area contributed by atoms with E-state index in [0.717, 1.165) is 31.7 Å². The van der Waals surface area contributed by atoms with Crippen molar-refractivity contribution >= 4 is 0 Å². The summed E-state index contributed by atoms with van der Waals surface area (Å²) in [4.78, 5) is 9.29. The molecule has 0 aliphatic carbocycles. The highest BCUT2D eigenvalue weighted by molar-refractivity contribution is 5.11. The second-order valence-corrected chi connectivity index (χ2v) is 6.46. The molecule has 1 aromatic heterocycles. The first-order chi connectivity index (χ1) is 9.95. The van der Waals surface area contributed by atoms with Gasteiger partial charge in [0.15, 0.2) is 0 Å². The standard InChI is InChI=1S/C17H32N4/c1-6-15(18)17(16-9-7-8-10-19-16)21(13-14(2)3)12-11-20(4)5/h7-10,14-15,17H,6,11-13,18H2,1-5H3. The van der Waals surface area contributed by atoms with Crippen LogP contribution in [0, 0.1) is 5.92 Å². The normalized spacial score (nSPS) is 14.9. The van der Waals surface area contributed by atoms with E-state index >= 15 is 0 Å². The maximum Gasteiger partial charge on any atom is 0.0674 e. The van der Waals surface area contributed by atoms with Crippen LogP contribution in [-0.4, -0.2) is 54.6 Å². The highest BCUT2D eigenvalue weighted by atomic mass is 15.2. The molecule has 1 heterocycles. The minimum Gasteiger partial charge on any atom is -0.326 e. The zero-order valence-corrected chi connectivity index (χ0v) is 14.3. The van der Waals surface area contributed by atoms with Gasteiger partial charge in [-0.05, 0) is 38.6 Å². The van der Waals surface area contributed by atoms with Crippen molar-refractivity contribution in [3.63, 3.8) is 0 Å². The summed E-state index contributed by atoms with van der Waals surface area (Å²) in [6, 6.07) is 6.42. The predicted octanol–water partition coefficient (Wildman–Crippen LogP) is 2.38. The first-order valence-corrected chi connectivity index (χ1v) is 8.01. The van der Waals surface area contributed by atoms with Gasteiger partial charge in [0.2, 0.25) is 0 Å². The molecule has 2 N–H and O–H groups in total. The van der Waals surface area contributed by atoms with Gasteiger partial charge in [-0.1, -0.05) is 26.8 Å². The van der Waals surface area contributed by atoms with Gasteiger partial charge in [-0.25, -0.2) is 0 Å². The van der Waals surface area contributed by atoms with Crippen LogP contribution in [0.15, 0.2) is 24.4 Å². The molecule has 1 aromatic rings. The molecule has 2 unspecified atom stereocenters. The van der Waals surface area contributed by atoms with Crippen LogP contribution in [-0.2, 0) is 0 Å². The van der Waals surface area contributed by atoms with Crippen LogP contribution in [0.2, 0.25) is 0 Å². The fourth-order valence-corrected chi connectivity index (χ4v) is 2.59. The van der Waals surface area contributed by atoms with Crippen molar-refractivity contribution in [3.05, 3.63) is 30.1 Å². The summed E-state index contributed by atoms with van der Waals surface area (Å²) in [7, 11) is 4.23. The van der Waals surface area contributed by atoms with Crippen molar-refractivity contribution in [3.8, 4) is 0 Å². The smallest absolute Gasteiger partial charge is 0.0674 e. The molecule has 0 bridgehead atoms. The zero-order valence-electron chi connectivity index (χ0n) is 14.3. The third-order valence-electron chi connectivity index (χ3n) is 3.70. The van der Waals surface area contributed by atoms with Crippen LogP contribution in [0.25, 0.3) is 0 Å². The van der Waals surface area contributed by atoms with Gasteiger partial charge in [0.1, 0.15) is 0 Å². The number of likely N-dealkylation sites (N-methyl/N-ethyl adjacent to an activating group) is 1. The third kappa shape index (κ3) is 6.12. The van der Waals surface area contributed by atoms with Gasteiger partial charge in [-0.15, -0.1) is 0 Å². The van der Waals surface area contributed by atoms with E-state index in [-0.39, 0.29) is 12.1 Å². The molecule has 0 fully saturated rings. The van der Waals surface area contributed by atoms with Crippen molar-refractivity contribution in [2.45, 2.75) is 39.3 Å². The monoisotopic (exact) mass is 292 g/mol. The van der Waals surface area contributed by atoms with Crippen molar-refractivity contribution in [2.24, 2.45) is 11.7 Å². The Balaban J connectivity index is 2.98. The van der Waals surface area contributed by atoms with Gasteiger partial charge in [0.25, 0.3) is 0 Å². The lowest BCUT2D eigenvalue weighted by molar-refractivity contribution is 0.136. The van der Waals surface area contributed by atoms with Gasteiger partial charge in [-0.3, -0.25) is 9.88 Å². The summed E-state index contributed by atoms with van der Waals surface area (Å²) in [5.41, 5.74) is 7.53. The predicted molar refractivity (Wildman–Crippen MR) is 90.2 cm³/mol. The number of hydrogen-bond acceptors (Lipinski definition) is 4. The van der Waals surface area contributed by atoms with E-state index in [4.69, 9.17) is 5.73 Å². The average Bonchev–Trinajstić information content (AvgIpc) is 2.45. The summed E-state index contributed by atoms with van der Waals surface area (Å²) in [6.07, 6.45) is 2.82. The van der Waals surface area contributed by atoms with E-state index in [1.165, 1.54) is 0 Å². The van der Waals surface area contributed by atoms with Crippen molar-refractivity contribution in [1.29, 1.82) is 0 Å². The molecule has 0 saturated heterocycles. The topological polar surface area (TPSA) is 45.4 Å². The summed E-state index contributed by atoms with van der Waals surface area (Å²) in [6.45, 7) is 9.76. The SMILES string of the molecule is CCC(N)C(c1ccccn1)N(CCN(C)C)CC(C)C. The minimum atomic E-state index is 0.112. The molecule has 0 aliphatic heterocycles. The van der Waals surface area contributed by atoms with E-state index in [1.54, 1.807) is 0 Å². The van der Waals surface area contributed by atoms with Crippen molar-refractivity contribution in [1.82, 2.24) is 14.8 Å². The van der Waals surface area contributed by atoms with Crippen LogP contribution in [0.3, 0.4) is 0 Å². The second-order valence-electron chi connectivity index (χ2n) is 6.46. The molecular weight excluding hydrogens is 260 g/mol. The Bertz CT molecular complexity index is 378. The molecule has 0 aliphatic rings. The molecule has 0 spiro atoms. The Kier molecular flexibility index (Phi) is 7.86. The maximum absolute atomic E-state index is 6.44. The molecule has 2 atom stereocenters. The second kappa shape index (κ2) is 9.13. The lowest BCUT2D eigenvalue weighted by Crippen LogP contribution is -2.45. The summed E-state index contributed by atoms with van der Waals surface area (Å²) >= 11 is 0. The molecule has 4 heteroatoms. The first-order valence-electron chi connectivity index (χ1n) is 8.01. The molecular formula is C17H32N4. The van der Waals surface area contributed by atoms with Crippen LogP contribution in [0.4, 0.5) is 0 Å². The Labute approximate surface area is 130 Å².